The van der Waals surface area contributed by atoms with Crippen LogP contribution in [0.2, 0.25) is 0 Å². The average molecular weight is 382 g/mol. The number of hydrogen-bond donors (Lipinski definition) is 0. The maximum atomic E-state index is 12.1. The molecule has 0 radical (unpaired) electrons. The van der Waals surface area contributed by atoms with Gasteiger partial charge in [0.15, 0.2) is 0 Å². The van der Waals surface area contributed by atoms with Gasteiger partial charge >= 0.3 is 0 Å². The first-order chi connectivity index (χ1) is 13.3. The Morgan fingerprint density at radius 1 is 1.04 bits per heavy atom. The maximum absolute atomic E-state index is 12.1. The van der Waals surface area contributed by atoms with Crippen LogP contribution in [0.1, 0.15) is 15.9 Å². The highest BCUT2D eigenvalue weighted by atomic mass is 16.6. The third-order valence-electron chi connectivity index (χ3n) is 5.29. The van der Waals surface area contributed by atoms with Gasteiger partial charge in [0.1, 0.15) is 5.69 Å². The molecule has 1 fully saturated rings. The van der Waals surface area contributed by atoms with Crippen molar-refractivity contribution < 1.29 is 9.72 Å². The first-order valence-corrected chi connectivity index (χ1v) is 9.33. The van der Waals surface area contributed by atoms with Gasteiger partial charge in [0.25, 0.3) is 11.6 Å². The van der Waals surface area contributed by atoms with Crippen LogP contribution in [0.4, 0.5) is 11.4 Å². The summed E-state index contributed by atoms with van der Waals surface area (Å²) in [6, 6.07) is 11.0. The Morgan fingerprint density at radius 2 is 1.64 bits per heavy atom. The Bertz CT molecular complexity index is 885. The molecule has 0 unspecified atom stereocenters. The molecule has 2 aromatic rings. The summed E-state index contributed by atoms with van der Waals surface area (Å²) in [6.45, 7) is 5.12. The summed E-state index contributed by atoms with van der Waals surface area (Å²) in [4.78, 5) is 29.5. The van der Waals surface area contributed by atoms with Crippen LogP contribution < -0.4 is 4.90 Å². The lowest BCUT2D eigenvalue weighted by Crippen LogP contribution is -2.44. The molecule has 0 saturated carbocycles. The number of carbonyl (C=O) groups excluding carboxylic acids is 1. The second-order valence-electron chi connectivity index (χ2n) is 7.43. The van der Waals surface area contributed by atoms with E-state index in [0.29, 0.717) is 16.8 Å². The number of nitrogens with zero attached hydrogens (tertiary/aromatic N) is 4. The molecule has 1 aliphatic rings. The van der Waals surface area contributed by atoms with Crippen molar-refractivity contribution in [1.29, 1.82) is 0 Å². The third-order valence-corrected chi connectivity index (χ3v) is 5.29. The lowest BCUT2D eigenvalue weighted by Gasteiger charge is -2.34. The van der Waals surface area contributed by atoms with Crippen molar-refractivity contribution in [3.05, 3.63) is 57.6 Å². The van der Waals surface area contributed by atoms with Crippen molar-refractivity contribution in [2.24, 2.45) is 0 Å². The van der Waals surface area contributed by atoms with Gasteiger partial charge in [0.2, 0.25) is 0 Å². The predicted molar refractivity (Wildman–Crippen MR) is 111 cm³/mol. The van der Waals surface area contributed by atoms with Crippen molar-refractivity contribution in [2.45, 2.75) is 6.92 Å². The van der Waals surface area contributed by atoms with Gasteiger partial charge in [-0.2, -0.15) is 0 Å². The summed E-state index contributed by atoms with van der Waals surface area (Å²) in [5.41, 5.74) is 3.76. The summed E-state index contributed by atoms with van der Waals surface area (Å²) >= 11 is 0. The van der Waals surface area contributed by atoms with Gasteiger partial charge in [-0.15, -0.1) is 0 Å². The van der Waals surface area contributed by atoms with E-state index in [0.717, 1.165) is 37.3 Å². The zero-order valence-corrected chi connectivity index (χ0v) is 16.8. The first kappa shape index (κ1) is 19.8. The summed E-state index contributed by atoms with van der Waals surface area (Å²) in [7, 11) is 5.48. The number of anilines is 1. The Labute approximate surface area is 165 Å². The van der Waals surface area contributed by atoms with E-state index in [9.17, 15) is 14.9 Å². The van der Waals surface area contributed by atoms with Crippen molar-refractivity contribution in [3.63, 3.8) is 0 Å². The van der Waals surface area contributed by atoms with E-state index in [1.54, 1.807) is 33.2 Å². The fourth-order valence-corrected chi connectivity index (χ4v) is 3.58. The van der Waals surface area contributed by atoms with Gasteiger partial charge < -0.3 is 14.7 Å². The quantitative estimate of drug-likeness (QED) is 0.600. The fraction of sp³-hybridized carbons (Fsp3) is 0.381. The highest BCUT2D eigenvalue weighted by Gasteiger charge is 2.26. The standard InChI is InChI=1S/C21H26N4O3/c1-15-18(16-5-7-17(8-6-16)21(26)22(2)3)9-10-19(20(15)25(27)28)24-13-11-23(4)12-14-24/h5-10H,11-14H2,1-4H3. The molecule has 7 heteroatoms. The normalized spacial score (nSPS) is 14.8. The molecule has 1 saturated heterocycles. The van der Waals surface area contributed by atoms with Gasteiger partial charge in [-0.25, -0.2) is 0 Å². The Hall–Kier alpha value is -2.93. The number of hydrogen-bond acceptors (Lipinski definition) is 5. The molecule has 0 atom stereocenters. The number of rotatable bonds is 4. The van der Waals surface area contributed by atoms with E-state index in [2.05, 4.69) is 16.8 Å². The summed E-state index contributed by atoms with van der Waals surface area (Å²) < 4.78 is 0. The number of piperazine rings is 1. The highest BCUT2D eigenvalue weighted by Crippen LogP contribution is 2.38. The molecule has 1 heterocycles. The minimum absolute atomic E-state index is 0.0698. The molecule has 0 bridgehead atoms. The van der Waals surface area contributed by atoms with Crippen LogP contribution in [-0.2, 0) is 0 Å². The summed E-state index contributed by atoms with van der Waals surface area (Å²) in [6.07, 6.45) is 0. The van der Waals surface area contributed by atoms with Crippen molar-refractivity contribution >= 4 is 17.3 Å². The van der Waals surface area contributed by atoms with Crippen molar-refractivity contribution in [1.82, 2.24) is 9.80 Å². The van der Waals surface area contributed by atoms with E-state index >= 15 is 0 Å². The Balaban J connectivity index is 1.98. The maximum Gasteiger partial charge on any atom is 0.296 e. The predicted octanol–water partition coefficient (Wildman–Crippen LogP) is 3.02. The van der Waals surface area contributed by atoms with Crippen LogP contribution in [0.25, 0.3) is 11.1 Å². The van der Waals surface area contributed by atoms with E-state index in [1.807, 2.05) is 24.3 Å². The van der Waals surface area contributed by atoms with Gasteiger partial charge in [-0.3, -0.25) is 14.9 Å². The number of nitro groups is 1. The van der Waals surface area contributed by atoms with Crippen LogP contribution in [0.15, 0.2) is 36.4 Å². The zero-order chi connectivity index (χ0) is 20.4. The van der Waals surface area contributed by atoms with Crippen LogP contribution >= 0.6 is 0 Å². The average Bonchev–Trinajstić information content (AvgIpc) is 2.67. The molecule has 28 heavy (non-hydrogen) atoms. The monoisotopic (exact) mass is 382 g/mol. The third kappa shape index (κ3) is 3.84. The number of benzene rings is 2. The lowest BCUT2D eigenvalue weighted by molar-refractivity contribution is -0.384. The van der Waals surface area contributed by atoms with E-state index in [4.69, 9.17) is 0 Å². The summed E-state index contributed by atoms with van der Waals surface area (Å²) in [5, 5.41) is 11.9. The van der Waals surface area contributed by atoms with E-state index in [-0.39, 0.29) is 16.5 Å². The van der Waals surface area contributed by atoms with E-state index < -0.39 is 0 Å². The molecule has 0 N–H and O–H groups in total. The van der Waals surface area contributed by atoms with Crippen LogP contribution in [0, 0.1) is 17.0 Å². The second kappa shape index (κ2) is 7.98. The van der Waals surface area contributed by atoms with Crippen molar-refractivity contribution in [3.8, 4) is 11.1 Å². The molecule has 1 aliphatic heterocycles. The van der Waals surface area contributed by atoms with E-state index in [1.165, 1.54) is 4.90 Å². The molecular weight excluding hydrogens is 356 g/mol. The number of likely N-dealkylation sites (N-methyl/N-ethyl adjacent to an activating group) is 1. The number of amides is 1. The molecule has 0 aromatic heterocycles. The molecule has 1 amide bonds. The molecule has 148 valence electrons. The molecule has 0 aliphatic carbocycles. The van der Waals surface area contributed by atoms with Crippen LogP contribution in [-0.4, -0.2) is 68.0 Å². The van der Waals surface area contributed by atoms with Gasteiger partial charge in [-0.05, 0) is 43.3 Å². The zero-order valence-electron chi connectivity index (χ0n) is 16.8. The number of carbonyl (C=O) groups is 1. The van der Waals surface area contributed by atoms with Crippen molar-refractivity contribution in [2.75, 3.05) is 52.2 Å². The Morgan fingerprint density at radius 3 is 2.18 bits per heavy atom. The van der Waals surface area contributed by atoms with Gasteiger partial charge in [0.05, 0.1) is 4.92 Å². The molecule has 3 rings (SSSR count). The minimum Gasteiger partial charge on any atom is -0.363 e. The SMILES string of the molecule is Cc1c(-c2ccc(C(=O)N(C)C)cc2)ccc(N2CCN(C)CC2)c1[N+](=O)[O-]. The Kier molecular flexibility index (Phi) is 5.65. The topological polar surface area (TPSA) is 69.9 Å². The largest absolute Gasteiger partial charge is 0.363 e. The smallest absolute Gasteiger partial charge is 0.296 e. The lowest BCUT2D eigenvalue weighted by atomic mass is 9.96. The van der Waals surface area contributed by atoms with Gasteiger partial charge in [-0.1, -0.05) is 18.2 Å². The van der Waals surface area contributed by atoms with Gasteiger partial charge in [0, 0.05) is 51.4 Å². The minimum atomic E-state index is -0.281. The summed E-state index contributed by atoms with van der Waals surface area (Å²) in [5.74, 6) is -0.0698. The first-order valence-electron chi connectivity index (χ1n) is 9.33. The molecule has 7 nitrogen and oxygen atoms in total. The molecular formula is C21H26N4O3. The fourth-order valence-electron chi connectivity index (χ4n) is 3.58. The molecule has 0 spiro atoms. The highest BCUT2D eigenvalue weighted by molar-refractivity contribution is 5.94. The van der Waals surface area contributed by atoms with Crippen LogP contribution in [0.3, 0.4) is 0 Å². The molecule has 2 aromatic carbocycles. The second-order valence-corrected chi connectivity index (χ2v) is 7.43. The van der Waals surface area contributed by atoms with Crippen LogP contribution in [0.5, 0.6) is 0 Å². The number of nitro benzene ring substituents is 1.